The van der Waals surface area contributed by atoms with Crippen molar-refractivity contribution in [2.24, 2.45) is 5.14 Å². The highest BCUT2D eigenvalue weighted by Crippen LogP contribution is 2.15. The van der Waals surface area contributed by atoms with Gasteiger partial charge in [0.05, 0.1) is 11.4 Å². The van der Waals surface area contributed by atoms with E-state index in [2.05, 4.69) is 0 Å². The first-order valence-corrected chi connectivity index (χ1v) is 6.84. The molecule has 1 aromatic carbocycles. The van der Waals surface area contributed by atoms with Crippen molar-refractivity contribution < 1.29 is 22.0 Å². The van der Waals surface area contributed by atoms with E-state index in [4.69, 9.17) is 5.14 Å². The minimum Gasteiger partial charge on any atom is -0.336 e. The summed E-state index contributed by atoms with van der Waals surface area (Å²) in [5, 5.41) is 4.98. The van der Waals surface area contributed by atoms with Gasteiger partial charge >= 0.3 is 0 Å². The first-order valence-electron chi connectivity index (χ1n) is 5.29. The molecule has 2 N–H and O–H groups in total. The number of nitrogens with zero attached hydrogens (tertiary/aromatic N) is 1. The standard InChI is InChI=1S/C11H14F2N2O3S/c1-7-3-8(5-9(4-7)19(14,17)18)11(16)15(2)6-10(12)13/h3-5,10H,6H2,1-2H3,(H2,14,17,18). The summed E-state index contributed by atoms with van der Waals surface area (Å²) in [4.78, 5) is 12.5. The Balaban J connectivity index is 3.14. The van der Waals surface area contributed by atoms with Crippen LogP contribution < -0.4 is 5.14 Å². The lowest BCUT2D eigenvalue weighted by Gasteiger charge is -2.17. The number of rotatable bonds is 4. The molecular formula is C11H14F2N2O3S. The SMILES string of the molecule is Cc1cc(C(=O)N(C)CC(F)F)cc(S(N)(=O)=O)c1. The second kappa shape index (κ2) is 5.62. The number of hydrogen-bond donors (Lipinski definition) is 1. The lowest BCUT2D eigenvalue weighted by Crippen LogP contribution is -2.31. The molecule has 0 fully saturated rings. The van der Waals surface area contributed by atoms with E-state index in [9.17, 15) is 22.0 Å². The van der Waals surface area contributed by atoms with Gasteiger partial charge in [-0.3, -0.25) is 4.79 Å². The molecule has 5 nitrogen and oxygen atoms in total. The van der Waals surface area contributed by atoms with Gasteiger partial charge < -0.3 is 4.90 Å². The van der Waals surface area contributed by atoms with Crippen molar-refractivity contribution in [2.75, 3.05) is 13.6 Å². The van der Waals surface area contributed by atoms with E-state index in [0.717, 1.165) is 11.0 Å². The topological polar surface area (TPSA) is 80.5 Å². The number of primary sulfonamides is 1. The van der Waals surface area contributed by atoms with Crippen molar-refractivity contribution in [2.45, 2.75) is 18.2 Å². The average Bonchev–Trinajstić information content (AvgIpc) is 2.25. The molecule has 1 aromatic rings. The van der Waals surface area contributed by atoms with Gasteiger partial charge in [-0.05, 0) is 30.7 Å². The first-order chi connectivity index (χ1) is 8.61. The predicted octanol–water partition coefficient (Wildman–Crippen LogP) is 0.980. The van der Waals surface area contributed by atoms with Gasteiger partial charge in [0.15, 0.2) is 0 Å². The maximum Gasteiger partial charge on any atom is 0.255 e. The maximum absolute atomic E-state index is 12.2. The molecule has 0 atom stereocenters. The molecule has 0 aliphatic carbocycles. The van der Waals surface area contributed by atoms with E-state index < -0.39 is 28.9 Å². The Hall–Kier alpha value is -1.54. The Bertz CT molecular complexity index is 588. The van der Waals surface area contributed by atoms with Gasteiger partial charge in [0.1, 0.15) is 0 Å². The molecule has 0 saturated heterocycles. The van der Waals surface area contributed by atoms with Crippen LogP contribution in [0.15, 0.2) is 23.1 Å². The smallest absolute Gasteiger partial charge is 0.255 e. The Kier molecular flexibility index (Phi) is 4.59. The molecule has 0 spiro atoms. The molecule has 8 heteroatoms. The van der Waals surface area contributed by atoms with Gasteiger partial charge in [-0.1, -0.05) is 0 Å². The quantitative estimate of drug-likeness (QED) is 0.898. The zero-order chi connectivity index (χ0) is 14.8. The molecule has 0 aromatic heterocycles. The summed E-state index contributed by atoms with van der Waals surface area (Å²) in [6, 6.07) is 3.80. The monoisotopic (exact) mass is 292 g/mol. The molecule has 0 heterocycles. The normalized spacial score (nSPS) is 11.7. The molecule has 0 aliphatic heterocycles. The second-order valence-electron chi connectivity index (χ2n) is 4.16. The number of amides is 1. The van der Waals surface area contributed by atoms with Crippen molar-refractivity contribution in [1.82, 2.24) is 4.90 Å². The van der Waals surface area contributed by atoms with Gasteiger partial charge in [-0.25, -0.2) is 22.3 Å². The van der Waals surface area contributed by atoms with Crippen LogP contribution in [0, 0.1) is 6.92 Å². The fraction of sp³-hybridized carbons (Fsp3) is 0.364. The number of halogens is 2. The number of nitrogens with two attached hydrogens (primary N) is 1. The van der Waals surface area contributed by atoms with Crippen LogP contribution in [-0.4, -0.2) is 39.2 Å². The van der Waals surface area contributed by atoms with Gasteiger partial charge in [-0.15, -0.1) is 0 Å². The largest absolute Gasteiger partial charge is 0.336 e. The molecule has 0 unspecified atom stereocenters. The van der Waals surface area contributed by atoms with Crippen molar-refractivity contribution in [3.8, 4) is 0 Å². The molecule has 0 radical (unpaired) electrons. The van der Waals surface area contributed by atoms with Crippen LogP contribution in [0.25, 0.3) is 0 Å². The molecular weight excluding hydrogens is 278 g/mol. The van der Waals surface area contributed by atoms with Crippen LogP contribution in [-0.2, 0) is 10.0 Å². The molecule has 0 saturated carbocycles. The molecule has 0 bridgehead atoms. The van der Waals surface area contributed by atoms with Crippen LogP contribution in [0.1, 0.15) is 15.9 Å². The zero-order valence-corrected chi connectivity index (χ0v) is 11.2. The minimum absolute atomic E-state index is 0.00664. The summed E-state index contributed by atoms with van der Waals surface area (Å²) in [5.41, 5.74) is 0.507. The van der Waals surface area contributed by atoms with Gasteiger partial charge in [0.25, 0.3) is 12.3 Å². The molecule has 1 rings (SSSR count). The van der Waals surface area contributed by atoms with Gasteiger partial charge in [0.2, 0.25) is 10.0 Å². The van der Waals surface area contributed by atoms with Crippen LogP contribution >= 0.6 is 0 Å². The second-order valence-corrected chi connectivity index (χ2v) is 5.72. The van der Waals surface area contributed by atoms with Crippen LogP contribution in [0.4, 0.5) is 8.78 Å². The number of hydrogen-bond acceptors (Lipinski definition) is 3. The number of carbonyl (C=O) groups excluding carboxylic acids is 1. The zero-order valence-electron chi connectivity index (χ0n) is 10.4. The molecule has 1 amide bonds. The van der Waals surface area contributed by atoms with E-state index in [0.29, 0.717) is 5.56 Å². The highest BCUT2D eigenvalue weighted by atomic mass is 32.2. The summed E-state index contributed by atoms with van der Waals surface area (Å²) in [6.45, 7) is 0.857. The average molecular weight is 292 g/mol. The lowest BCUT2D eigenvalue weighted by atomic mass is 10.1. The number of aryl methyl sites for hydroxylation is 1. The number of carbonyl (C=O) groups is 1. The summed E-state index contributed by atoms with van der Waals surface area (Å²) >= 11 is 0. The fourth-order valence-corrected chi connectivity index (χ4v) is 2.19. The number of benzene rings is 1. The first kappa shape index (κ1) is 15.5. The summed E-state index contributed by atoms with van der Waals surface area (Å²) in [7, 11) is -2.73. The fourth-order valence-electron chi connectivity index (χ4n) is 1.55. The van der Waals surface area contributed by atoms with Crippen LogP contribution in [0.3, 0.4) is 0 Å². The minimum atomic E-state index is -3.95. The van der Waals surface area contributed by atoms with Crippen molar-refractivity contribution in [1.29, 1.82) is 0 Å². The third-order valence-corrected chi connectivity index (χ3v) is 3.28. The Morgan fingerprint density at radius 2 is 1.95 bits per heavy atom. The van der Waals surface area contributed by atoms with Crippen molar-refractivity contribution in [3.05, 3.63) is 29.3 Å². The number of alkyl halides is 2. The molecule has 106 valence electrons. The van der Waals surface area contributed by atoms with E-state index >= 15 is 0 Å². The Morgan fingerprint density at radius 3 is 2.42 bits per heavy atom. The Morgan fingerprint density at radius 1 is 1.37 bits per heavy atom. The van der Waals surface area contributed by atoms with Crippen molar-refractivity contribution >= 4 is 15.9 Å². The van der Waals surface area contributed by atoms with E-state index in [1.165, 1.54) is 19.2 Å². The molecule has 0 aliphatic rings. The number of sulfonamides is 1. The van der Waals surface area contributed by atoms with E-state index in [1.807, 2.05) is 0 Å². The lowest BCUT2D eigenvalue weighted by molar-refractivity contribution is 0.0620. The van der Waals surface area contributed by atoms with Gasteiger partial charge in [0, 0.05) is 12.6 Å². The van der Waals surface area contributed by atoms with Gasteiger partial charge in [-0.2, -0.15) is 0 Å². The van der Waals surface area contributed by atoms with Crippen LogP contribution in [0.2, 0.25) is 0 Å². The van der Waals surface area contributed by atoms with E-state index in [1.54, 1.807) is 6.92 Å². The van der Waals surface area contributed by atoms with Crippen LogP contribution in [0.5, 0.6) is 0 Å². The summed E-state index contributed by atoms with van der Waals surface area (Å²) in [6.07, 6.45) is -2.66. The third-order valence-electron chi connectivity index (χ3n) is 2.38. The maximum atomic E-state index is 12.2. The predicted molar refractivity (Wildman–Crippen MR) is 65.5 cm³/mol. The highest BCUT2D eigenvalue weighted by Gasteiger charge is 2.18. The molecule has 19 heavy (non-hydrogen) atoms. The van der Waals surface area contributed by atoms with Crippen molar-refractivity contribution in [3.63, 3.8) is 0 Å². The summed E-state index contributed by atoms with van der Waals surface area (Å²) in [5.74, 6) is -0.686. The Labute approximate surface area is 110 Å². The highest BCUT2D eigenvalue weighted by molar-refractivity contribution is 7.89. The summed E-state index contributed by atoms with van der Waals surface area (Å²) < 4.78 is 46.9. The van der Waals surface area contributed by atoms with E-state index in [-0.39, 0.29) is 10.5 Å². The third kappa shape index (κ3) is 4.25.